The molecule has 0 aliphatic heterocycles. The molecule has 3 nitrogen and oxygen atoms in total. The van der Waals surface area contributed by atoms with E-state index in [4.69, 9.17) is 11.6 Å². The molecule has 1 aromatic heterocycles. The second-order valence-electron chi connectivity index (χ2n) is 3.69. The summed E-state index contributed by atoms with van der Waals surface area (Å²) >= 11 is 5.87. The Bertz CT molecular complexity index is 537. The molecule has 0 saturated heterocycles. The minimum Gasteiger partial charge on any atom is -0.337 e. The molecule has 1 heterocycles. The highest BCUT2D eigenvalue weighted by molar-refractivity contribution is 6.30. The van der Waals surface area contributed by atoms with E-state index in [-0.39, 0.29) is 5.82 Å². The Balaban J connectivity index is 2.42. The zero-order valence-corrected chi connectivity index (χ0v) is 10.2. The summed E-state index contributed by atoms with van der Waals surface area (Å²) in [4.78, 5) is 7.89. The maximum Gasteiger partial charge on any atom is 0.146 e. The summed E-state index contributed by atoms with van der Waals surface area (Å²) in [6.07, 6.45) is 1.34. The summed E-state index contributed by atoms with van der Waals surface area (Å²) < 4.78 is 13.6. The molecule has 0 bridgehead atoms. The van der Waals surface area contributed by atoms with Crippen LogP contribution in [-0.2, 0) is 0 Å². The predicted molar refractivity (Wildman–Crippen MR) is 66.2 cm³/mol. The van der Waals surface area contributed by atoms with Crippen LogP contribution in [0.1, 0.15) is 11.1 Å². The summed E-state index contributed by atoms with van der Waals surface area (Å²) in [5, 5.41) is 3.30. The van der Waals surface area contributed by atoms with Gasteiger partial charge in [-0.05, 0) is 25.5 Å². The van der Waals surface area contributed by atoms with Crippen LogP contribution in [0.2, 0.25) is 5.15 Å². The number of benzene rings is 1. The fourth-order valence-corrected chi connectivity index (χ4v) is 1.60. The summed E-state index contributed by atoms with van der Waals surface area (Å²) in [6.45, 7) is 3.60. The van der Waals surface area contributed by atoms with Gasteiger partial charge in [0.15, 0.2) is 0 Å². The number of nitrogens with zero attached hydrogens (tertiary/aromatic N) is 2. The van der Waals surface area contributed by atoms with Crippen molar-refractivity contribution >= 4 is 23.1 Å². The molecule has 1 aromatic carbocycles. The molecule has 88 valence electrons. The highest BCUT2D eigenvalue weighted by atomic mass is 35.5. The molecule has 0 amide bonds. The lowest BCUT2D eigenvalue weighted by atomic mass is 10.2. The fraction of sp³-hybridized carbons (Fsp3) is 0.167. The van der Waals surface area contributed by atoms with E-state index in [0.717, 1.165) is 5.56 Å². The molecule has 0 spiro atoms. The van der Waals surface area contributed by atoms with Crippen LogP contribution in [0.25, 0.3) is 0 Å². The van der Waals surface area contributed by atoms with E-state index in [1.807, 2.05) is 13.0 Å². The smallest absolute Gasteiger partial charge is 0.146 e. The molecule has 5 heteroatoms. The van der Waals surface area contributed by atoms with E-state index < -0.39 is 0 Å². The van der Waals surface area contributed by atoms with Gasteiger partial charge in [-0.3, -0.25) is 0 Å². The van der Waals surface area contributed by atoms with Gasteiger partial charge in [0.2, 0.25) is 0 Å². The zero-order chi connectivity index (χ0) is 12.4. The summed E-state index contributed by atoms with van der Waals surface area (Å²) in [5.41, 5.74) is 1.90. The van der Waals surface area contributed by atoms with Crippen molar-refractivity contribution in [2.24, 2.45) is 0 Å². The minimum atomic E-state index is -0.320. The van der Waals surface area contributed by atoms with Crippen molar-refractivity contribution in [3.63, 3.8) is 0 Å². The van der Waals surface area contributed by atoms with Crippen LogP contribution >= 0.6 is 11.6 Å². The van der Waals surface area contributed by atoms with E-state index in [1.54, 1.807) is 13.0 Å². The van der Waals surface area contributed by atoms with Crippen LogP contribution in [0, 0.1) is 19.7 Å². The predicted octanol–water partition coefficient (Wildman–Crippen LogP) is 3.63. The fourth-order valence-electron chi connectivity index (χ4n) is 1.46. The number of hydrogen-bond acceptors (Lipinski definition) is 3. The van der Waals surface area contributed by atoms with Crippen LogP contribution in [0.4, 0.5) is 15.9 Å². The van der Waals surface area contributed by atoms with Crippen LogP contribution in [-0.4, -0.2) is 9.97 Å². The first kappa shape index (κ1) is 11.8. The third kappa shape index (κ3) is 2.36. The molecule has 2 rings (SSSR count). The molecule has 0 atom stereocenters. The Kier molecular flexibility index (Phi) is 3.24. The first-order valence-electron chi connectivity index (χ1n) is 5.09. The Labute approximate surface area is 104 Å². The lowest BCUT2D eigenvalue weighted by molar-refractivity contribution is 0.630. The quantitative estimate of drug-likeness (QED) is 0.829. The van der Waals surface area contributed by atoms with Crippen LogP contribution < -0.4 is 5.32 Å². The van der Waals surface area contributed by atoms with Gasteiger partial charge in [-0.2, -0.15) is 0 Å². The second kappa shape index (κ2) is 4.67. The number of rotatable bonds is 2. The van der Waals surface area contributed by atoms with E-state index in [0.29, 0.717) is 22.2 Å². The SMILES string of the molecule is Cc1cccc(F)c1Nc1ncnc(Cl)c1C. The summed E-state index contributed by atoms with van der Waals surface area (Å²) in [7, 11) is 0. The van der Waals surface area contributed by atoms with Crippen molar-refractivity contribution in [2.75, 3.05) is 5.32 Å². The Morgan fingerprint density at radius 2 is 2.00 bits per heavy atom. The lowest BCUT2D eigenvalue weighted by Gasteiger charge is -2.11. The number of nitrogens with one attached hydrogen (secondary N) is 1. The molecular formula is C12H11ClFN3. The van der Waals surface area contributed by atoms with Gasteiger partial charge >= 0.3 is 0 Å². The molecular weight excluding hydrogens is 241 g/mol. The summed E-state index contributed by atoms with van der Waals surface area (Å²) in [6, 6.07) is 4.88. The maximum atomic E-state index is 13.6. The second-order valence-corrected chi connectivity index (χ2v) is 4.05. The van der Waals surface area contributed by atoms with Gasteiger partial charge in [-0.15, -0.1) is 0 Å². The first-order chi connectivity index (χ1) is 8.09. The van der Waals surface area contributed by atoms with E-state index in [9.17, 15) is 4.39 Å². The number of aromatic nitrogens is 2. The maximum absolute atomic E-state index is 13.6. The number of aryl methyl sites for hydroxylation is 1. The molecule has 17 heavy (non-hydrogen) atoms. The number of halogens is 2. The van der Waals surface area contributed by atoms with E-state index >= 15 is 0 Å². The molecule has 0 fully saturated rings. The largest absolute Gasteiger partial charge is 0.337 e. The van der Waals surface area contributed by atoms with Gasteiger partial charge in [0.25, 0.3) is 0 Å². The topological polar surface area (TPSA) is 37.8 Å². The van der Waals surface area contributed by atoms with E-state index in [2.05, 4.69) is 15.3 Å². The van der Waals surface area contributed by atoms with Gasteiger partial charge in [-0.25, -0.2) is 14.4 Å². The third-order valence-electron chi connectivity index (χ3n) is 2.49. The van der Waals surface area contributed by atoms with Crippen molar-refractivity contribution in [1.29, 1.82) is 0 Å². The van der Waals surface area contributed by atoms with Crippen molar-refractivity contribution in [3.05, 3.63) is 46.6 Å². The van der Waals surface area contributed by atoms with Crippen molar-refractivity contribution < 1.29 is 4.39 Å². The average molecular weight is 252 g/mol. The first-order valence-corrected chi connectivity index (χ1v) is 5.46. The molecule has 2 aromatic rings. The lowest BCUT2D eigenvalue weighted by Crippen LogP contribution is -2.01. The highest BCUT2D eigenvalue weighted by Gasteiger charge is 2.09. The number of hydrogen-bond donors (Lipinski definition) is 1. The Hall–Kier alpha value is -1.68. The van der Waals surface area contributed by atoms with Gasteiger partial charge in [0.05, 0.1) is 5.69 Å². The zero-order valence-electron chi connectivity index (χ0n) is 9.46. The van der Waals surface area contributed by atoms with Gasteiger partial charge < -0.3 is 5.32 Å². The Morgan fingerprint density at radius 3 is 2.71 bits per heavy atom. The highest BCUT2D eigenvalue weighted by Crippen LogP contribution is 2.26. The Morgan fingerprint density at radius 1 is 1.24 bits per heavy atom. The summed E-state index contributed by atoms with van der Waals surface area (Å²) in [5.74, 6) is 0.192. The molecule has 0 aliphatic carbocycles. The average Bonchev–Trinajstić information content (AvgIpc) is 2.29. The van der Waals surface area contributed by atoms with Gasteiger partial charge in [-0.1, -0.05) is 23.7 Å². The number of anilines is 2. The van der Waals surface area contributed by atoms with Crippen molar-refractivity contribution in [1.82, 2.24) is 9.97 Å². The van der Waals surface area contributed by atoms with Crippen LogP contribution in [0.3, 0.4) is 0 Å². The van der Waals surface area contributed by atoms with Crippen molar-refractivity contribution in [3.8, 4) is 0 Å². The van der Waals surface area contributed by atoms with Crippen LogP contribution in [0.5, 0.6) is 0 Å². The molecule has 1 N–H and O–H groups in total. The number of para-hydroxylation sites is 1. The van der Waals surface area contributed by atoms with Gasteiger partial charge in [0, 0.05) is 5.56 Å². The molecule has 0 saturated carbocycles. The third-order valence-corrected chi connectivity index (χ3v) is 2.87. The molecule has 0 aliphatic rings. The standard InChI is InChI=1S/C12H11ClFN3/c1-7-4-3-5-9(14)10(7)17-12-8(2)11(13)15-6-16-12/h3-6H,1-2H3,(H,15,16,17). The van der Waals surface area contributed by atoms with Crippen molar-refractivity contribution in [2.45, 2.75) is 13.8 Å². The van der Waals surface area contributed by atoms with E-state index in [1.165, 1.54) is 12.4 Å². The minimum absolute atomic E-state index is 0.320. The van der Waals surface area contributed by atoms with Crippen LogP contribution in [0.15, 0.2) is 24.5 Å². The normalized spacial score (nSPS) is 10.4. The monoisotopic (exact) mass is 251 g/mol. The molecule has 0 unspecified atom stereocenters. The molecule has 0 radical (unpaired) electrons. The van der Waals surface area contributed by atoms with Gasteiger partial charge in [0.1, 0.15) is 23.1 Å².